The average Bonchev–Trinajstić information content (AvgIpc) is 3.64. The van der Waals surface area contributed by atoms with E-state index in [9.17, 15) is 64.1 Å². The first kappa shape index (κ1) is 59.1. The van der Waals surface area contributed by atoms with Gasteiger partial charge in [-0.1, -0.05) is 75.6 Å². The van der Waals surface area contributed by atoms with Gasteiger partial charge < -0.3 is 67.0 Å². The zero-order chi connectivity index (χ0) is 54.6. The van der Waals surface area contributed by atoms with E-state index in [1.54, 1.807) is 87.7 Å². The Morgan fingerprint density at radius 3 is 2.19 bits per heavy atom. The van der Waals surface area contributed by atoms with Crippen LogP contribution in [0.4, 0.5) is 4.79 Å². The highest BCUT2D eigenvalue weighted by atomic mass is 16.7. The van der Waals surface area contributed by atoms with Crippen molar-refractivity contribution >= 4 is 35.7 Å². The summed E-state index contributed by atoms with van der Waals surface area (Å²) < 4.78 is 18.0. The molecular formula is C47H67N11O16. The number of aliphatic carboxylic acids is 1. The van der Waals surface area contributed by atoms with Gasteiger partial charge in [-0.25, -0.2) is 29.5 Å². The van der Waals surface area contributed by atoms with Gasteiger partial charge in [0.1, 0.15) is 60.9 Å². The molecule has 4 rings (SSSR count). The van der Waals surface area contributed by atoms with Crippen LogP contribution in [-0.2, 0) is 41.8 Å². The number of aliphatic hydroxyl groups is 3. The first-order chi connectivity index (χ1) is 35.1. The molecule has 27 heteroatoms. The molecule has 3 aromatic rings. The summed E-state index contributed by atoms with van der Waals surface area (Å²) in [6.07, 6.45) is -7.89. The van der Waals surface area contributed by atoms with E-state index in [0.717, 1.165) is 27.0 Å². The molecule has 1 aromatic heterocycles. The van der Waals surface area contributed by atoms with Crippen molar-refractivity contribution < 1.29 is 63.6 Å². The van der Waals surface area contributed by atoms with E-state index in [4.69, 9.17) is 19.9 Å². The Morgan fingerprint density at radius 2 is 1.57 bits per heavy atom. The van der Waals surface area contributed by atoms with E-state index in [1.807, 2.05) is 0 Å². The lowest BCUT2D eigenvalue weighted by molar-refractivity contribution is -0.525. The Balaban J connectivity index is 1.37. The van der Waals surface area contributed by atoms with Gasteiger partial charge in [0.2, 0.25) is 11.8 Å². The monoisotopic (exact) mass is 1040 g/mol. The van der Waals surface area contributed by atoms with Gasteiger partial charge in [-0.05, 0) is 67.3 Å². The number of amides is 4. The Kier molecular flexibility index (Phi) is 22.9. The van der Waals surface area contributed by atoms with E-state index in [2.05, 4.69) is 31.6 Å². The number of nitrogens with zero attached hydrogens (tertiary/aromatic N) is 4. The molecule has 2 heterocycles. The number of carbonyl (C=O) groups excluding carboxylic acids is 4. The van der Waals surface area contributed by atoms with E-state index < -0.39 is 113 Å². The largest absolute Gasteiger partial charge is 0.497 e. The fourth-order valence-electron chi connectivity index (χ4n) is 7.73. The third kappa shape index (κ3) is 17.6. The number of hydrogen-bond acceptors (Lipinski definition) is 17. The number of carboxylic acids is 1. The van der Waals surface area contributed by atoms with Crippen molar-refractivity contribution in [3.05, 3.63) is 109 Å². The van der Waals surface area contributed by atoms with Gasteiger partial charge >= 0.3 is 23.7 Å². The number of carboxylic acid groups (broad SMARTS) is 1. The van der Waals surface area contributed by atoms with Gasteiger partial charge in [-0.15, -0.1) is 0 Å². The highest BCUT2D eigenvalue weighted by molar-refractivity contribution is 5.92. The topological polar surface area (TPSA) is 392 Å². The summed E-state index contributed by atoms with van der Waals surface area (Å²) in [5, 5.41) is 66.1. The molecule has 1 aliphatic rings. The van der Waals surface area contributed by atoms with Crippen molar-refractivity contribution in [1.29, 1.82) is 0 Å². The van der Waals surface area contributed by atoms with Crippen LogP contribution in [0.5, 0.6) is 5.75 Å². The first-order valence-electron chi connectivity index (χ1n) is 23.8. The first-order valence-corrected chi connectivity index (χ1v) is 23.8. The zero-order valence-electron chi connectivity index (χ0n) is 41.6. The molecule has 4 amide bonds. The molecule has 1 unspecified atom stereocenters. The molecule has 0 spiro atoms. The van der Waals surface area contributed by atoms with Crippen molar-refractivity contribution in [3.63, 3.8) is 0 Å². The van der Waals surface area contributed by atoms with Crippen LogP contribution in [0.3, 0.4) is 0 Å². The second-order valence-electron chi connectivity index (χ2n) is 18.1. The number of nitrogens with two attached hydrogens (primary N) is 1. The SMILES string of the molecule is COc1ccc(Cn2c(=O)ccn([C@@H]3OC([C@H](O)[C@H](NCCCNC(=O)[C@@H](CC(C)C)NC(=O)[C@H](CCCN=C(N)N[N+](=O)[O-])NC(=O)N[C@H](C(=O)OCc4ccccc4)C(C)C)C(=O)O)[C@@H](O)[C@H]3O)c2=O)cc1. The van der Waals surface area contributed by atoms with Crippen LogP contribution in [0.25, 0.3) is 0 Å². The highest BCUT2D eigenvalue weighted by Crippen LogP contribution is 2.31. The minimum Gasteiger partial charge on any atom is -0.497 e. The molecule has 27 nitrogen and oxygen atoms in total. The summed E-state index contributed by atoms with van der Waals surface area (Å²) in [6.45, 7) is 6.43. The summed E-state index contributed by atoms with van der Waals surface area (Å²) in [5.41, 5.74) is 6.90. The Morgan fingerprint density at radius 1 is 0.878 bits per heavy atom. The Hall–Kier alpha value is -7.46. The normalized spacial score (nSPS) is 18.6. The van der Waals surface area contributed by atoms with Crippen LogP contribution in [0.2, 0.25) is 0 Å². The maximum absolute atomic E-state index is 13.9. The minimum absolute atomic E-state index is 0.0526. The lowest BCUT2D eigenvalue weighted by Crippen LogP contribution is -2.57. The number of carbonyl (C=O) groups is 5. The average molecular weight is 1040 g/mol. The summed E-state index contributed by atoms with van der Waals surface area (Å²) in [4.78, 5) is 107. The third-order valence-electron chi connectivity index (χ3n) is 11.6. The maximum Gasteiger partial charge on any atom is 0.333 e. The van der Waals surface area contributed by atoms with Crippen LogP contribution in [0, 0.1) is 22.0 Å². The molecule has 1 fully saturated rings. The minimum atomic E-state index is -2.00. The van der Waals surface area contributed by atoms with Crippen molar-refractivity contribution in [2.75, 3.05) is 26.7 Å². The number of urea groups is 1. The number of nitro groups is 1. The number of benzene rings is 2. The summed E-state index contributed by atoms with van der Waals surface area (Å²) in [5.74, 6) is -4.26. The molecule has 9 atom stereocenters. The predicted octanol–water partition coefficient (Wildman–Crippen LogP) is -1.56. The molecule has 74 heavy (non-hydrogen) atoms. The standard InChI is InChI=1S/C47H67N11O16/c1-26(2)23-32(52-41(64)31(13-9-19-51-45(48)55-58(70)71)53-46(68)54-34(27(3)4)44(67)73-25-29-11-7-6-8-12-29)40(63)50-21-10-20-49-35(43(65)66)36(60)39-37(61)38(62)42(74-39)56-22-18-33(59)57(47(56)69)24-28-14-16-30(72-5)17-15-28/h6-8,11-12,14-18,22,26-27,31-32,34-39,42,49,60-62H,9-10,13,19-21,23-25H2,1-5H3,(H,50,63)(H,52,64)(H,65,66)(H3,48,51,55)(H2,53,54,68)/t31-,32+,34-,35-,36+,37-,38+,39?,42+/m0/s1. The molecule has 12 N–H and O–H groups in total. The van der Waals surface area contributed by atoms with Gasteiger partial charge in [0.25, 0.3) is 11.5 Å². The van der Waals surface area contributed by atoms with Gasteiger partial charge in [-0.3, -0.25) is 28.3 Å². The Bertz CT molecular complexity index is 2510. The number of aliphatic imine (C=N–C) groups is 1. The van der Waals surface area contributed by atoms with Crippen LogP contribution in [0.1, 0.15) is 70.7 Å². The molecule has 406 valence electrons. The van der Waals surface area contributed by atoms with E-state index in [1.165, 1.54) is 7.11 Å². The van der Waals surface area contributed by atoms with Crippen molar-refractivity contribution in [3.8, 4) is 5.75 Å². The number of ether oxygens (including phenoxy) is 3. The van der Waals surface area contributed by atoms with Crippen LogP contribution >= 0.6 is 0 Å². The lowest BCUT2D eigenvalue weighted by Gasteiger charge is -2.27. The fraction of sp³-hybridized carbons (Fsp3) is 0.532. The number of hydrogen-bond donors (Lipinski definition) is 11. The number of hydrazine groups is 1. The molecule has 1 saturated heterocycles. The molecule has 0 radical (unpaired) electrons. The number of methoxy groups -OCH3 is 1. The smallest absolute Gasteiger partial charge is 0.333 e. The lowest BCUT2D eigenvalue weighted by atomic mass is 9.99. The van der Waals surface area contributed by atoms with Gasteiger partial charge in [0, 0.05) is 25.4 Å². The number of aliphatic hydroxyl groups excluding tert-OH is 3. The maximum atomic E-state index is 13.9. The number of nitrogens with one attached hydrogen (secondary N) is 6. The zero-order valence-corrected chi connectivity index (χ0v) is 41.6. The van der Waals surface area contributed by atoms with Gasteiger partial charge in [0.15, 0.2) is 11.3 Å². The van der Waals surface area contributed by atoms with E-state index in [0.29, 0.717) is 11.3 Å². The third-order valence-corrected chi connectivity index (χ3v) is 11.6. The quantitative estimate of drug-likeness (QED) is 0.00978. The highest BCUT2D eigenvalue weighted by Gasteiger charge is 2.50. The van der Waals surface area contributed by atoms with Crippen molar-refractivity contribution in [1.82, 2.24) is 41.1 Å². The van der Waals surface area contributed by atoms with Crippen molar-refractivity contribution in [2.24, 2.45) is 22.6 Å². The second-order valence-corrected chi connectivity index (χ2v) is 18.1. The number of aromatic nitrogens is 2. The molecule has 0 bridgehead atoms. The van der Waals surface area contributed by atoms with Crippen LogP contribution in [-0.4, -0.2) is 146 Å². The van der Waals surface area contributed by atoms with Crippen LogP contribution in [0.15, 0.2) is 81.4 Å². The fourth-order valence-corrected chi connectivity index (χ4v) is 7.73. The van der Waals surface area contributed by atoms with Crippen LogP contribution < -0.4 is 53.7 Å². The van der Waals surface area contributed by atoms with E-state index in [-0.39, 0.29) is 64.4 Å². The summed E-state index contributed by atoms with van der Waals surface area (Å²) in [6, 6.07) is 10.2. The Labute approximate surface area is 425 Å². The van der Waals surface area contributed by atoms with Crippen molar-refractivity contribution in [2.45, 2.75) is 121 Å². The summed E-state index contributed by atoms with van der Waals surface area (Å²) >= 11 is 0. The molecule has 1 aliphatic heterocycles. The number of guanidine groups is 1. The number of esters is 1. The summed E-state index contributed by atoms with van der Waals surface area (Å²) in [7, 11) is 1.48. The predicted molar refractivity (Wildman–Crippen MR) is 264 cm³/mol. The molecule has 0 aliphatic carbocycles. The molecule has 2 aromatic carbocycles. The molecule has 0 saturated carbocycles. The molecular weight excluding hydrogens is 975 g/mol. The number of rotatable bonds is 28. The van der Waals surface area contributed by atoms with E-state index >= 15 is 0 Å². The second kappa shape index (κ2) is 28.7. The van der Waals surface area contributed by atoms with Gasteiger partial charge in [-0.2, -0.15) is 0 Å². The van der Waals surface area contributed by atoms with Gasteiger partial charge in [0.05, 0.1) is 13.7 Å².